The van der Waals surface area contributed by atoms with Gasteiger partial charge in [-0.1, -0.05) is 61.5 Å². The number of benzene rings is 2. The minimum atomic E-state index is -0.118. The summed E-state index contributed by atoms with van der Waals surface area (Å²) in [5.41, 5.74) is 3.74. The van der Waals surface area contributed by atoms with Crippen LogP contribution in [0.3, 0.4) is 0 Å². The van der Waals surface area contributed by atoms with Crippen LogP contribution in [0.4, 0.5) is 0 Å². The van der Waals surface area contributed by atoms with Gasteiger partial charge in [-0.3, -0.25) is 9.89 Å². The summed E-state index contributed by atoms with van der Waals surface area (Å²) in [6.45, 7) is 7.96. The summed E-state index contributed by atoms with van der Waals surface area (Å²) < 4.78 is 5.83. The van der Waals surface area contributed by atoms with Gasteiger partial charge in [0.2, 0.25) is 0 Å². The molecule has 2 aromatic rings. The molecule has 1 fully saturated rings. The third kappa shape index (κ3) is 8.61. The third-order valence-electron chi connectivity index (χ3n) is 5.80. The van der Waals surface area contributed by atoms with Crippen LogP contribution < -0.4 is 10.6 Å². The molecular formula is C26H38N4O2. The molecule has 1 aliphatic rings. The third-order valence-corrected chi connectivity index (χ3v) is 5.80. The van der Waals surface area contributed by atoms with Crippen LogP contribution in [0.25, 0.3) is 0 Å². The minimum absolute atomic E-state index is 0.118. The first-order chi connectivity index (χ1) is 15.6. The second kappa shape index (κ2) is 13.2. The Morgan fingerprint density at radius 2 is 1.72 bits per heavy atom. The number of hydrogen-bond donors (Lipinski definition) is 3. The Hall–Kier alpha value is -2.41. The fourth-order valence-corrected chi connectivity index (χ4v) is 3.79. The Morgan fingerprint density at radius 3 is 2.41 bits per heavy atom. The van der Waals surface area contributed by atoms with E-state index in [2.05, 4.69) is 63.8 Å². The predicted molar refractivity (Wildman–Crippen MR) is 130 cm³/mol. The molecule has 1 saturated heterocycles. The molecule has 0 aromatic heterocycles. The van der Waals surface area contributed by atoms with Crippen LogP contribution in [0, 0.1) is 5.92 Å². The summed E-state index contributed by atoms with van der Waals surface area (Å²) in [7, 11) is 1.80. The molecule has 0 radical (unpaired) electrons. The molecule has 3 rings (SSSR count). The molecule has 32 heavy (non-hydrogen) atoms. The van der Waals surface area contributed by atoms with E-state index in [0.717, 1.165) is 51.5 Å². The Balaban J connectivity index is 1.33. The van der Waals surface area contributed by atoms with Gasteiger partial charge >= 0.3 is 0 Å². The molecule has 6 heteroatoms. The lowest BCUT2D eigenvalue weighted by Gasteiger charge is -2.29. The number of piperidine rings is 1. The van der Waals surface area contributed by atoms with Gasteiger partial charge in [0.25, 0.3) is 0 Å². The molecule has 1 unspecified atom stereocenters. The summed E-state index contributed by atoms with van der Waals surface area (Å²) in [6.07, 6.45) is 1.64. The standard InChI is InChI=1S/C26H38N4O2/c1-21(19-32-20-24-6-4-3-5-7-24)16-28-26(27-2)29-17-22-8-10-23(11-9-22)18-30-14-12-25(31)13-15-30/h3-11,21,25,31H,12-20H2,1-2H3,(H2,27,28,29). The van der Waals surface area contributed by atoms with Crippen molar-refractivity contribution >= 4 is 5.96 Å². The molecule has 0 saturated carbocycles. The van der Waals surface area contributed by atoms with Crippen molar-refractivity contribution in [2.45, 2.75) is 45.6 Å². The number of aliphatic imine (C=N–C) groups is 1. The lowest BCUT2D eigenvalue weighted by Crippen LogP contribution is -2.39. The number of aliphatic hydroxyl groups excluding tert-OH is 1. The van der Waals surface area contributed by atoms with Crippen LogP contribution in [0.1, 0.15) is 36.5 Å². The van der Waals surface area contributed by atoms with E-state index < -0.39 is 0 Å². The van der Waals surface area contributed by atoms with Gasteiger partial charge in [-0.2, -0.15) is 0 Å². The molecule has 1 heterocycles. The van der Waals surface area contributed by atoms with Gasteiger partial charge in [-0.25, -0.2) is 0 Å². The molecule has 1 atom stereocenters. The summed E-state index contributed by atoms with van der Waals surface area (Å²) in [6, 6.07) is 19.0. The fourth-order valence-electron chi connectivity index (χ4n) is 3.79. The maximum atomic E-state index is 9.65. The zero-order chi connectivity index (χ0) is 22.6. The lowest BCUT2D eigenvalue weighted by atomic mass is 10.1. The van der Waals surface area contributed by atoms with E-state index in [1.807, 2.05) is 18.2 Å². The number of ether oxygens (including phenoxy) is 1. The molecule has 0 spiro atoms. The highest BCUT2D eigenvalue weighted by Crippen LogP contribution is 2.14. The van der Waals surface area contributed by atoms with Gasteiger partial charge in [0.15, 0.2) is 5.96 Å². The van der Waals surface area contributed by atoms with Crippen molar-refractivity contribution in [2.75, 3.05) is 33.3 Å². The Morgan fingerprint density at radius 1 is 1.03 bits per heavy atom. The van der Waals surface area contributed by atoms with E-state index in [1.165, 1.54) is 16.7 Å². The van der Waals surface area contributed by atoms with Crippen LogP contribution in [0.5, 0.6) is 0 Å². The number of aliphatic hydroxyl groups is 1. The summed E-state index contributed by atoms with van der Waals surface area (Å²) in [5, 5.41) is 16.4. The molecule has 3 N–H and O–H groups in total. The van der Waals surface area contributed by atoms with Crippen molar-refractivity contribution in [3.63, 3.8) is 0 Å². The quantitative estimate of drug-likeness (QED) is 0.393. The number of rotatable bonds is 10. The van der Waals surface area contributed by atoms with Crippen LogP contribution in [-0.4, -0.2) is 55.4 Å². The Bertz CT molecular complexity index is 802. The highest BCUT2D eigenvalue weighted by molar-refractivity contribution is 5.79. The van der Waals surface area contributed by atoms with E-state index in [1.54, 1.807) is 7.05 Å². The van der Waals surface area contributed by atoms with Crippen molar-refractivity contribution in [2.24, 2.45) is 10.9 Å². The van der Waals surface area contributed by atoms with Gasteiger partial charge in [0, 0.05) is 39.8 Å². The van der Waals surface area contributed by atoms with Gasteiger partial charge in [-0.15, -0.1) is 0 Å². The zero-order valence-electron chi connectivity index (χ0n) is 19.5. The second-order valence-corrected chi connectivity index (χ2v) is 8.74. The maximum Gasteiger partial charge on any atom is 0.191 e. The topological polar surface area (TPSA) is 69.1 Å². The lowest BCUT2D eigenvalue weighted by molar-refractivity contribution is 0.0792. The van der Waals surface area contributed by atoms with Gasteiger partial charge in [-0.05, 0) is 35.4 Å². The monoisotopic (exact) mass is 438 g/mol. The number of hydrogen-bond acceptors (Lipinski definition) is 4. The maximum absolute atomic E-state index is 9.65. The van der Waals surface area contributed by atoms with Crippen molar-refractivity contribution in [3.05, 3.63) is 71.3 Å². The summed E-state index contributed by atoms with van der Waals surface area (Å²) in [4.78, 5) is 6.74. The molecule has 6 nitrogen and oxygen atoms in total. The first-order valence-electron chi connectivity index (χ1n) is 11.7. The molecule has 174 valence electrons. The zero-order valence-corrected chi connectivity index (χ0v) is 19.5. The Labute approximate surface area is 192 Å². The van der Waals surface area contributed by atoms with Crippen molar-refractivity contribution in [1.29, 1.82) is 0 Å². The van der Waals surface area contributed by atoms with Crippen LogP contribution in [0.2, 0.25) is 0 Å². The summed E-state index contributed by atoms with van der Waals surface area (Å²) >= 11 is 0. The fraction of sp³-hybridized carbons (Fsp3) is 0.500. The molecule has 0 amide bonds. The molecule has 1 aliphatic heterocycles. The first-order valence-corrected chi connectivity index (χ1v) is 11.7. The van der Waals surface area contributed by atoms with Crippen LogP contribution in [0.15, 0.2) is 59.6 Å². The SMILES string of the molecule is CN=C(NCc1ccc(CN2CCC(O)CC2)cc1)NCC(C)COCc1ccccc1. The van der Waals surface area contributed by atoms with Crippen LogP contribution in [-0.2, 0) is 24.4 Å². The summed E-state index contributed by atoms with van der Waals surface area (Å²) in [5.74, 6) is 1.18. The van der Waals surface area contributed by atoms with E-state index >= 15 is 0 Å². The van der Waals surface area contributed by atoms with Gasteiger partial charge in [0.05, 0.1) is 19.3 Å². The predicted octanol–water partition coefficient (Wildman–Crippen LogP) is 3.16. The minimum Gasteiger partial charge on any atom is -0.393 e. The average molecular weight is 439 g/mol. The number of nitrogens with one attached hydrogen (secondary N) is 2. The van der Waals surface area contributed by atoms with Crippen molar-refractivity contribution < 1.29 is 9.84 Å². The van der Waals surface area contributed by atoms with Gasteiger partial charge < -0.3 is 20.5 Å². The van der Waals surface area contributed by atoms with Gasteiger partial charge in [0.1, 0.15) is 0 Å². The number of guanidine groups is 1. The highest BCUT2D eigenvalue weighted by Gasteiger charge is 2.16. The van der Waals surface area contributed by atoms with E-state index in [9.17, 15) is 5.11 Å². The molecule has 0 aliphatic carbocycles. The molecular weight excluding hydrogens is 400 g/mol. The number of nitrogens with zero attached hydrogens (tertiary/aromatic N) is 2. The van der Waals surface area contributed by atoms with E-state index in [0.29, 0.717) is 19.1 Å². The molecule has 2 aromatic carbocycles. The number of likely N-dealkylation sites (tertiary alicyclic amines) is 1. The Kier molecular flexibility index (Phi) is 10.0. The normalized spacial score (nSPS) is 16.7. The molecule has 0 bridgehead atoms. The van der Waals surface area contributed by atoms with Crippen molar-refractivity contribution in [3.8, 4) is 0 Å². The van der Waals surface area contributed by atoms with E-state index in [-0.39, 0.29) is 6.10 Å². The van der Waals surface area contributed by atoms with Crippen molar-refractivity contribution in [1.82, 2.24) is 15.5 Å². The van der Waals surface area contributed by atoms with E-state index in [4.69, 9.17) is 4.74 Å². The second-order valence-electron chi connectivity index (χ2n) is 8.74. The van der Waals surface area contributed by atoms with Crippen LogP contribution >= 0.6 is 0 Å². The largest absolute Gasteiger partial charge is 0.393 e. The smallest absolute Gasteiger partial charge is 0.191 e. The first kappa shape index (κ1) is 24.2. The average Bonchev–Trinajstić information content (AvgIpc) is 2.82. The highest BCUT2D eigenvalue weighted by atomic mass is 16.5.